The van der Waals surface area contributed by atoms with Crippen molar-refractivity contribution >= 4 is 21.8 Å². The maximum atomic E-state index is 11.2. The molecule has 0 aromatic carbocycles. The van der Waals surface area contributed by atoms with E-state index in [0.29, 0.717) is 0 Å². The Morgan fingerprint density at radius 3 is 2.35 bits per heavy atom. The summed E-state index contributed by atoms with van der Waals surface area (Å²) in [7, 11) is -3.17. The van der Waals surface area contributed by atoms with Crippen LogP contribution in [0.1, 0.15) is 6.42 Å². The first-order valence-corrected chi connectivity index (χ1v) is 6.88. The molecular weight excluding hydrogens is 252 g/mol. The predicted octanol–water partition coefficient (Wildman–Crippen LogP) is -1.83. The number of rotatable bonds is 7. The molecule has 0 fully saturated rings. The number of carboxylic acid groups (broad SMARTS) is 1. The van der Waals surface area contributed by atoms with Crippen molar-refractivity contribution in [1.29, 1.82) is 0 Å². The van der Waals surface area contributed by atoms with E-state index in [0.717, 1.165) is 6.26 Å². The lowest BCUT2D eigenvalue weighted by Crippen LogP contribution is -2.47. The number of carbonyl (C=O) groups is 2. The average Bonchev–Trinajstić information content (AvgIpc) is 2.14. The zero-order valence-corrected chi connectivity index (χ0v) is 10.2. The van der Waals surface area contributed by atoms with E-state index in [1.165, 1.54) is 0 Å². The molecule has 0 spiro atoms. The van der Waals surface area contributed by atoms with E-state index < -0.39 is 27.9 Å². The highest BCUT2D eigenvalue weighted by atomic mass is 32.2. The number of hydrogen-bond donors (Lipinski definition) is 4. The second kappa shape index (κ2) is 7.07. The van der Waals surface area contributed by atoms with Gasteiger partial charge in [-0.1, -0.05) is 0 Å². The number of aliphatic hydroxyl groups is 1. The van der Waals surface area contributed by atoms with Crippen LogP contribution >= 0.6 is 0 Å². The van der Waals surface area contributed by atoms with E-state index in [-0.39, 0.29) is 25.3 Å². The van der Waals surface area contributed by atoms with Crippen molar-refractivity contribution in [2.75, 3.05) is 25.2 Å². The Morgan fingerprint density at radius 1 is 1.35 bits per heavy atom. The first-order chi connectivity index (χ1) is 7.76. The molecule has 0 heterocycles. The Kier molecular flexibility index (Phi) is 6.51. The number of carboxylic acids is 1. The first kappa shape index (κ1) is 15.7. The summed E-state index contributed by atoms with van der Waals surface area (Å²) in [6.45, 7) is -0.475. The largest absolute Gasteiger partial charge is 0.480 e. The second-order valence-electron chi connectivity index (χ2n) is 3.43. The lowest BCUT2D eigenvalue weighted by atomic mass is 10.2. The van der Waals surface area contributed by atoms with Gasteiger partial charge in [-0.25, -0.2) is 18.0 Å². The van der Waals surface area contributed by atoms with E-state index >= 15 is 0 Å². The number of hydrogen-bond acceptors (Lipinski definition) is 5. The first-order valence-electron chi connectivity index (χ1n) is 4.82. The highest BCUT2D eigenvalue weighted by Crippen LogP contribution is 1.91. The molecule has 8 nitrogen and oxygen atoms in total. The summed E-state index contributed by atoms with van der Waals surface area (Å²) in [5.74, 6) is -1.49. The quantitative estimate of drug-likeness (QED) is 0.429. The zero-order chi connectivity index (χ0) is 13.5. The Morgan fingerprint density at radius 2 is 1.94 bits per heavy atom. The molecule has 0 saturated carbocycles. The minimum Gasteiger partial charge on any atom is -0.480 e. The molecule has 0 saturated heterocycles. The molecule has 0 aliphatic rings. The van der Waals surface area contributed by atoms with Crippen LogP contribution in [0.2, 0.25) is 0 Å². The van der Waals surface area contributed by atoms with Gasteiger partial charge >= 0.3 is 12.0 Å². The number of carbonyl (C=O) groups excluding carboxylic acids is 1. The fourth-order valence-electron chi connectivity index (χ4n) is 0.946. The van der Waals surface area contributed by atoms with Gasteiger partial charge < -0.3 is 20.8 Å². The third kappa shape index (κ3) is 8.46. The SMILES string of the molecule is CS(=O)(=O)CCNC(=O)N[C@@H](CCO)C(=O)O. The normalized spacial score (nSPS) is 12.8. The lowest BCUT2D eigenvalue weighted by Gasteiger charge is -2.13. The smallest absolute Gasteiger partial charge is 0.326 e. The number of aliphatic hydroxyl groups excluding tert-OH is 1. The summed E-state index contributed by atoms with van der Waals surface area (Å²) in [5.41, 5.74) is 0. The maximum absolute atomic E-state index is 11.2. The number of amides is 2. The van der Waals surface area contributed by atoms with Gasteiger partial charge in [0.1, 0.15) is 15.9 Å². The predicted molar refractivity (Wildman–Crippen MR) is 59.4 cm³/mol. The van der Waals surface area contributed by atoms with E-state index in [1.807, 2.05) is 0 Å². The standard InChI is InChI=1S/C8H16N2O6S/c1-17(15,16)5-3-9-8(14)10-6(2-4-11)7(12)13/h6,11H,2-5H2,1H3,(H,12,13)(H2,9,10,14)/t6-/m0/s1. The van der Waals surface area contributed by atoms with E-state index in [1.54, 1.807) is 0 Å². The van der Waals surface area contributed by atoms with Crippen molar-refractivity contribution in [3.05, 3.63) is 0 Å². The van der Waals surface area contributed by atoms with Crippen LogP contribution in [-0.4, -0.2) is 61.8 Å². The highest BCUT2D eigenvalue weighted by molar-refractivity contribution is 7.90. The maximum Gasteiger partial charge on any atom is 0.326 e. The van der Waals surface area contributed by atoms with Crippen molar-refractivity contribution < 1.29 is 28.2 Å². The molecule has 2 amide bonds. The van der Waals surface area contributed by atoms with Crippen molar-refractivity contribution in [2.24, 2.45) is 0 Å². The van der Waals surface area contributed by atoms with Crippen LogP contribution in [-0.2, 0) is 14.6 Å². The molecule has 0 aromatic rings. The summed E-state index contributed by atoms with van der Waals surface area (Å²) >= 11 is 0. The van der Waals surface area contributed by atoms with Gasteiger partial charge in [0.25, 0.3) is 0 Å². The zero-order valence-electron chi connectivity index (χ0n) is 9.34. The fourth-order valence-corrected chi connectivity index (χ4v) is 1.42. The van der Waals surface area contributed by atoms with Crippen LogP contribution in [0.4, 0.5) is 4.79 Å². The Labute approximate surface area is 98.9 Å². The molecule has 0 aliphatic heterocycles. The van der Waals surface area contributed by atoms with Crippen molar-refractivity contribution in [3.63, 3.8) is 0 Å². The topological polar surface area (TPSA) is 133 Å². The minimum atomic E-state index is -3.17. The van der Waals surface area contributed by atoms with Crippen molar-refractivity contribution in [3.8, 4) is 0 Å². The molecule has 0 rings (SSSR count). The van der Waals surface area contributed by atoms with Crippen LogP contribution in [0.5, 0.6) is 0 Å². The van der Waals surface area contributed by atoms with E-state index in [9.17, 15) is 18.0 Å². The highest BCUT2D eigenvalue weighted by Gasteiger charge is 2.18. The molecule has 9 heteroatoms. The van der Waals surface area contributed by atoms with Crippen molar-refractivity contribution in [1.82, 2.24) is 10.6 Å². The minimum absolute atomic E-state index is 0.101. The Balaban J connectivity index is 4.03. The molecule has 1 atom stereocenters. The van der Waals surface area contributed by atoms with Gasteiger partial charge in [-0.3, -0.25) is 0 Å². The number of sulfone groups is 1. The molecular formula is C8H16N2O6S. The molecule has 0 unspecified atom stereocenters. The van der Waals surface area contributed by atoms with Gasteiger partial charge in [0.05, 0.1) is 5.75 Å². The third-order valence-electron chi connectivity index (χ3n) is 1.78. The van der Waals surface area contributed by atoms with Gasteiger partial charge in [0.2, 0.25) is 0 Å². The monoisotopic (exact) mass is 268 g/mol. The molecule has 100 valence electrons. The number of aliphatic carboxylic acids is 1. The van der Waals surface area contributed by atoms with Crippen molar-refractivity contribution in [2.45, 2.75) is 12.5 Å². The molecule has 17 heavy (non-hydrogen) atoms. The summed E-state index contributed by atoms with van der Waals surface area (Å²) < 4.78 is 21.5. The molecule has 0 radical (unpaired) electrons. The number of nitrogens with one attached hydrogen (secondary N) is 2. The fraction of sp³-hybridized carbons (Fsp3) is 0.750. The van der Waals surface area contributed by atoms with Gasteiger partial charge in [-0.05, 0) is 0 Å². The van der Waals surface area contributed by atoms with Gasteiger partial charge in [0, 0.05) is 25.8 Å². The van der Waals surface area contributed by atoms with Gasteiger partial charge in [-0.2, -0.15) is 0 Å². The van der Waals surface area contributed by atoms with Crippen LogP contribution < -0.4 is 10.6 Å². The molecule has 0 aliphatic carbocycles. The Hall–Kier alpha value is -1.35. The Bertz CT molecular complexity index is 366. The van der Waals surface area contributed by atoms with Crippen LogP contribution in [0.15, 0.2) is 0 Å². The summed E-state index contributed by atoms with van der Waals surface area (Å²) in [6, 6.07) is -1.98. The second-order valence-corrected chi connectivity index (χ2v) is 5.69. The van der Waals surface area contributed by atoms with E-state index in [4.69, 9.17) is 10.2 Å². The third-order valence-corrected chi connectivity index (χ3v) is 2.73. The van der Waals surface area contributed by atoms with Crippen LogP contribution in [0.25, 0.3) is 0 Å². The average molecular weight is 268 g/mol. The molecule has 0 bridgehead atoms. The molecule has 4 N–H and O–H groups in total. The summed E-state index contributed by atoms with van der Waals surface area (Å²) in [6.07, 6.45) is 0.910. The van der Waals surface area contributed by atoms with Gasteiger partial charge in [0.15, 0.2) is 0 Å². The molecule has 0 aromatic heterocycles. The van der Waals surface area contributed by atoms with E-state index in [2.05, 4.69) is 10.6 Å². The lowest BCUT2D eigenvalue weighted by molar-refractivity contribution is -0.139. The van der Waals surface area contributed by atoms with Gasteiger partial charge in [-0.15, -0.1) is 0 Å². The summed E-state index contributed by atoms with van der Waals surface area (Å²) in [4.78, 5) is 21.8. The van der Waals surface area contributed by atoms with Crippen LogP contribution in [0.3, 0.4) is 0 Å². The number of urea groups is 1. The summed E-state index contributed by atoms with van der Waals surface area (Å²) in [5, 5.41) is 21.5. The van der Waals surface area contributed by atoms with Crippen LogP contribution in [0, 0.1) is 0 Å².